The Bertz CT molecular complexity index is 1120. The van der Waals surface area contributed by atoms with Gasteiger partial charge >= 0.3 is 5.97 Å². The summed E-state index contributed by atoms with van der Waals surface area (Å²) in [6.07, 6.45) is 0. The van der Waals surface area contributed by atoms with Crippen molar-refractivity contribution < 1.29 is 14.6 Å². The fourth-order valence-electron chi connectivity index (χ4n) is 2.87. The Hall–Kier alpha value is -3.81. The van der Waals surface area contributed by atoms with Crippen LogP contribution in [0.2, 0.25) is 0 Å². The Morgan fingerprint density at radius 1 is 1.18 bits per heavy atom. The number of anilines is 2. The SMILES string of the molecule is CCOc1cc(-c2cc(C)cc(C(=O)O)c2)ccc1-c1nc(N)c(N)c(=O)[nH]1. The average Bonchev–Trinajstić information content (AvgIpc) is 2.65. The number of aromatic amines is 1. The summed E-state index contributed by atoms with van der Waals surface area (Å²) >= 11 is 0. The molecule has 0 aliphatic carbocycles. The molecule has 0 spiro atoms. The number of H-pyrrole nitrogens is 1. The van der Waals surface area contributed by atoms with E-state index >= 15 is 0 Å². The fourth-order valence-corrected chi connectivity index (χ4v) is 2.87. The predicted molar refractivity (Wildman–Crippen MR) is 107 cm³/mol. The van der Waals surface area contributed by atoms with Crippen LogP contribution in [0.5, 0.6) is 5.75 Å². The molecule has 1 aromatic heterocycles. The number of hydrogen-bond donors (Lipinski definition) is 4. The van der Waals surface area contributed by atoms with Gasteiger partial charge in [-0.2, -0.15) is 0 Å². The molecular weight excluding hydrogens is 360 g/mol. The average molecular weight is 380 g/mol. The Morgan fingerprint density at radius 3 is 2.57 bits per heavy atom. The molecule has 0 bridgehead atoms. The maximum atomic E-state index is 11.9. The number of nitrogen functional groups attached to an aromatic ring is 2. The minimum atomic E-state index is -0.995. The molecule has 0 aliphatic heterocycles. The van der Waals surface area contributed by atoms with Gasteiger partial charge < -0.3 is 26.3 Å². The molecule has 144 valence electrons. The van der Waals surface area contributed by atoms with Crippen molar-refractivity contribution in [3.05, 3.63) is 57.9 Å². The van der Waals surface area contributed by atoms with E-state index in [1.807, 2.05) is 19.9 Å². The number of hydrogen-bond acceptors (Lipinski definition) is 6. The molecule has 28 heavy (non-hydrogen) atoms. The molecular formula is C20H20N4O4. The fraction of sp³-hybridized carbons (Fsp3) is 0.150. The molecule has 0 unspecified atom stereocenters. The number of aryl methyl sites for hydroxylation is 1. The van der Waals surface area contributed by atoms with Crippen LogP contribution in [0.4, 0.5) is 11.5 Å². The Kier molecular flexibility index (Phi) is 5.04. The van der Waals surface area contributed by atoms with Gasteiger partial charge in [0.2, 0.25) is 0 Å². The zero-order chi connectivity index (χ0) is 20.4. The first-order valence-corrected chi connectivity index (χ1v) is 8.58. The van der Waals surface area contributed by atoms with Crippen molar-refractivity contribution in [3.8, 4) is 28.3 Å². The summed E-state index contributed by atoms with van der Waals surface area (Å²) in [7, 11) is 0. The standard InChI is InChI=1S/C20H20N4O4/c1-3-28-15-9-11(12-6-10(2)7-13(8-12)20(26)27)4-5-14(15)18-23-17(22)16(21)19(25)24-18/h4-9H,3,21H2,1-2H3,(H,26,27)(H3,22,23,24,25). The first kappa shape index (κ1) is 19.0. The first-order chi connectivity index (χ1) is 13.3. The summed E-state index contributed by atoms with van der Waals surface area (Å²) in [5.74, 6) is -0.339. The zero-order valence-corrected chi connectivity index (χ0v) is 15.4. The maximum absolute atomic E-state index is 11.9. The minimum Gasteiger partial charge on any atom is -0.493 e. The predicted octanol–water partition coefficient (Wildman–Crippen LogP) is 2.67. The van der Waals surface area contributed by atoms with Crippen LogP contribution in [-0.2, 0) is 0 Å². The number of ether oxygens (including phenoxy) is 1. The van der Waals surface area contributed by atoms with E-state index < -0.39 is 11.5 Å². The van der Waals surface area contributed by atoms with Crippen molar-refractivity contribution >= 4 is 17.5 Å². The van der Waals surface area contributed by atoms with Crippen LogP contribution in [0, 0.1) is 6.92 Å². The van der Waals surface area contributed by atoms with Gasteiger partial charge in [0.25, 0.3) is 5.56 Å². The quantitative estimate of drug-likeness (QED) is 0.532. The van der Waals surface area contributed by atoms with Gasteiger partial charge in [-0.15, -0.1) is 0 Å². The van der Waals surface area contributed by atoms with Crippen molar-refractivity contribution in [2.24, 2.45) is 0 Å². The van der Waals surface area contributed by atoms with Crippen LogP contribution in [-0.4, -0.2) is 27.7 Å². The van der Waals surface area contributed by atoms with Crippen LogP contribution in [0.1, 0.15) is 22.8 Å². The minimum absolute atomic E-state index is 0.0601. The van der Waals surface area contributed by atoms with Crippen LogP contribution in [0.25, 0.3) is 22.5 Å². The number of carbonyl (C=O) groups is 1. The van der Waals surface area contributed by atoms with Crippen molar-refractivity contribution in [1.82, 2.24) is 9.97 Å². The van der Waals surface area contributed by atoms with Crippen molar-refractivity contribution in [1.29, 1.82) is 0 Å². The van der Waals surface area contributed by atoms with Gasteiger partial charge in [0.1, 0.15) is 17.3 Å². The summed E-state index contributed by atoms with van der Waals surface area (Å²) in [4.78, 5) is 30.0. The van der Waals surface area contributed by atoms with E-state index in [1.54, 1.807) is 30.3 Å². The van der Waals surface area contributed by atoms with Crippen molar-refractivity contribution in [2.75, 3.05) is 18.1 Å². The summed E-state index contributed by atoms with van der Waals surface area (Å²) in [5, 5.41) is 9.30. The van der Waals surface area contributed by atoms with Gasteiger partial charge in [-0.1, -0.05) is 12.1 Å². The molecule has 0 saturated carbocycles. The summed E-state index contributed by atoms with van der Waals surface area (Å²) in [6.45, 7) is 4.05. The number of carboxylic acid groups (broad SMARTS) is 1. The van der Waals surface area contributed by atoms with E-state index in [0.29, 0.717) is 17.9 Å². The highest BCUT2D eigenvalue weighted by Crippen LogP contribution is 2.33. The number of nitrogens with one attached hydrogen (secondary N) is 1. The molecule has 2 aromatic carbocycles. The third kappa shape index (κ3) is 3.66. The van der Waals surface area contributed by atoms with E-state index in [9.17, 15) is 14.7 Å². The first-order valence-electron chi connectivity index (χ1n) is 8.58. The molecule has 6 N–H and O–H groups in total. The molecule has 0 fully saturated rings. The van der Waals surface area contributed by atoms with E-state index in [0.717, 1.165) is 16.7 Å². The third-order valence-corrected chi connectivity index (χ3v) is 4.18. The summed E-state index contributed by atoms with van der Waals surface area (Å²) in [5.41, 5.74) is 13.7. The number of nitrogens with two attached hydrogens (primary N) is 2. The van der Waals surface area contributed by atoms with Gasteiger partial charge in [0.15, 0.2) is 5.82 Å². The molecule has 8 heteroatoms. The lowest BCUT2D eigenvalue weighted by molar-refractivity contribution is 0.0697. The van der Waals surface area contributed by atoms with Gasteiger partial charge in [-0.05, 0) is 54.8 Å². The molecule has 8 nitrogen and oxygen atoms in total. The molecule has 0 radical (unpaired) electrons. The number of aromatic nitrogens is 2. The van der Waals surface area contributed by atoms with Crippen LogP contribution >= 0.6 is 0 Å². The van der Waals surface area contributed by atoms with Gasteiger partial charge in [0, 0.05) is 0 Å². The Balaban J connectivity index is 2.15. The second-order valence-corrected chi connectivity index (χ2v) is 6.25. The largest absolute Gasteiger partial charge is 0.493 e. The second-order valence-electron chi connectivity index (χ2n) is 6.25. The van der Waals surface area contributed by atoms with E-state index in [-0.39, 0.29) is 22.9 Å². The number of nitrogens with zero attached hydrogens (tertiary/aromatic N) is 1. The topological polar surface area (TPSA) is 144 Å². The molecule has 3 aromatic rings. The molecule has 0 atom stereocenters. The number of rotatable bonds is 5. The van der Waals surface area contributed by atoms with Crippen molar-refractivity contribution in [3.63, 3.8) is 0 Å². The molecule has 1 heterocycles. The zero-order valence-electron chi connectivity index (χ0n) is 15.4. The van der Waals surface area contributed by atoms with Gasteiger partial charge in [0.05, 0.1) is 17.7 Å². The van der Waals surface area contributed by atoms with E-state index in [4.69, 9.17) is 16.2 Å². The van der Waals surface area contributed by atoms with Crippen LogP contribution < -0.4 is 21.8 Å². The van der Waals surface area contributed by atoms with Crippen molar-refractivity contribution in [2.45, 2.75) is 13.8 Å². The number of benzene rings is 2. The Morgan fingerprint density at radius 2 is 1.93 bits per heavy atom. The third-order valence-electron chi connectivity index (χ3n) is 4.18. The molecule has 0 amide bonds. The lowest BCUT2D eigenvalue weighted by Crippen LogP contribution is -2.17. The van der Waals surface area contributed by atoms with Gasteiger partial charge in [-0.3, -0.25) is 4.79 Å². The highest BCUT2D eigenvalue weighted by atomic mass is 16.5. The normalized spacial score (nSPS) is 10.6. The summed E-state index contributed by atoms with van der Waals surface area (Å²) < 4.78 is 5.72. The van der Waals surface area contributed by atoms with Gasteiger partial charge in [-0.25, -0.2) is 9.78 Å². The Labute approximate surface area is 160 Å². The highest BCUT2D eigenvalue weighted by Gasteiger charge is 2.14. The lowest BCUT2D eigenvalue weighted by atomic mass is 9.98. The number of carboxylic acids is 1. The lowest BCUT2D eigenvalue weighted by Gasteiger charge is -2.13. The van der Waals surface area contributed by atoms with Crippen LogP contribution in [0.3, 0.4) is 0 Å². The molecule has 0 saturated heterocycles. The second kappa shape index (κ2) is 7.43. The monoisotopic (exact) mass is 380 g/mol. The van der Waals surface area contributed by atoms with E-state index in [1.165, 1.54) is 0 Å². The number of aromatic carboxylic acids is 1. The smallest absolute Gasteiger partial charge is 0.335 e. The molecule has 3 rings (SSSR count). The highest BCUT2D eigenvalue weighted by molar-refractivity contribution is 5.90. The maximum Gasteiger partial charge on any atom is 0.335 e. The van der Waals surface area contributed by atoms with E-state index in [2.05, 4.69) is 9.97 Å². The van der Waals surface area contributed by atoms with Crippen LogP contribution in [0.15, 0.2) is 41.2 Å². The summed E-state index contributed by atoms with van der Waals surface area (Å²) in [6, 6.07) is 10.4. The molecule has 0 aliphatic rings.